The van der Waals surface area contributed by atoms with Gasteiger partial charge in [0.1, 0.15) is 0 Å². The highest BCUT2D eigenvalue weighted by Gasteiger charge is 2.34. The van der Waals surface area contributed by atoms with Crippen LogP contribution in [0.5, 0.6) is 0 Å². The van der Waals surface area contributed by atoms with E-state index < -0.39 is 0 Å². The van der Waals surface area contributed by atoms with Crippen molar-refractivity contribution >= 4 is 39.4 Å². The largest absolute Gasteiger partial charge is 0.287 e. The number of amides is 1. The number of benzene rings is 2. The van der Waals surface area contributed by atoms with Crippen LogP contribution in [0.4, 0.5) is 5.69 Å². The maximum absolute atomic E-state index is 12.5. The molecular weight excluding hydrogens is 330 g/mol. The molecule has 0 spiro atoms. The van der Waals surface area contributed by atoms with E-state index in [4.69, 9.17) is 0 Å². The molecule has 1 aliphatic rings. The van der Waals surface area contributed by atoms with Crippen molar-refractivity contribution in [3.05, 3.63) is 69.8 Å². The van der Waals surface area contributed by atoms with Crippen LogP contribution in [-0.2, 0) is 4.79 Å². The Balaban J connectivity index is 2.17. The van der Waals surface area contributed by atoms with Crippen LogP contribution < -0.4 is 4.90 Å². The Kier molecular flexibility index (Phi) is 3.47. The van der Waals surface area contributed by atoms with Crippen molar-refractivity contribution in [3.63, 3.8) is 0 Å². The average Bonchev–Trinajstić information content (AvgIpc) is 2.75. The van der Waals surface area contributed by atoms with E-state index in [0.717, 1.165) is 10.0 Å². The van der Waals surface area contributed by atoms with Crippen LogP contribution in [0.3, 0.4) is 0 Å². The summed E-state index contributed by atoms with van der Waals surface area (Å²) in [5.41, 5.74) is 2.45. The van der Waals surface area contributed by atoms with E-state index in [1.54, 1.807) is 24.3 Å². The van der Waals surface area contributed by atoms with Gasteiger partial charge in [-0.15, -0.1) is 0 Å². The van der Waals surface area contributed by atoms with Crippen molar-refractivity contribution in [1.29, 1.82) is 0 Å². The van der Waals surface area contributed by atoms with Crippen molar-refractivity contribution in [2.24, 2.45) is 0 Å². The third-order valence-electron chi connectivity index (χ3n) is 3.38. The zero-order valence-corrected chi connectivity index (χ0v) is 12.9. The fourth-order valence-corrected chi connectivity index (χ4v) is 2.84. The third-order valence-corrected chi connectivity index (χ3v) is 4.10. The zero-order valence-electron chi connectivity index (χ0n) is 11.3. The van der Waals surface area contributed by atoms with Gasteiger partial charge in [-0.1, -0.05) is 46.3 Å². The molecule has 0 fully saturated rings. The summed E-state index contributed by atoms with van der Waals surface area (Å²) >= 11 is 3.46. The van der Waals surface area contributed by atoms with Gasteiger partial charge in [0.15, 0.2) is 0 Å². The lowest BCUT2D eigenvalue weighted by Crippen LogP contribution is -2.25. The zero-order chi connectivity index (χ0) is 15.0. The molecule has 0 aromatic heterocycles. The lowest BCUT2D eigenvalue weighted by Gasteiger charge is -2.16. The number of rotatable bonds is 1. The number of allylic oxidation sites excluding steroid dienone is 1. The molecule has 0 saturated heterocycles. The fourth-order valence-electron chi connectivity index (χ4n) is 2.44. The number of carbonyl (C=O) groups is 2. The molecule has 2 aromatic carbocycles. The molecule has 104 valence electrons. The number of hydrogen-bond donors (Lipinski definition) is 0. The first-order valence-corrected chi connectivity index (χ1v) is 7.29. The molecule has 0 aliphatic carbocycles. The van der Waals surface area contributed by atoms with Crippen molar-refractivity contribution in [2.45, 2.75) is 6.92 Å². The third kappa shape index (κ3) is 2.32. The fraction of sp³-hybridized carbons (Fsp3) is 0.0588. The second-order valence-electron chi connectivity index (χ2n) is 4.75. The Hall–Kier alpha value is -2.20. The molecule has 0 atom stereocenters. The minimum atomic E-state index is -0.174. The molecule has 1 heterocycles. The molecule has 2 aromatic rings. The SMILES string of the molecule is CC(=O)N1/C(=C\c2ccccc2Br)C(=O)c2ccccc21. The van der Waals surface area contributed by atoms with Crippen LogP contribution in [0, 0.1) is 0 Å². The van der Waals surface area contributed by atoms with Gasteiger partial charge in [-0.05, 0) is 29.8 Å². The molecule has 4 heteroatoms. The highest BCUT2D eigenvalue weighted by Crippen LogP contribution is 2.35. The molecule has 3 nitrogen and oxygen atoms in total. The van der Waals surface area contributed by atoms with Gasteiger partial charge in [0.25, 0.3) is 0 Å². The van der Waals surface area contributed by atoms with Crippen LogP contribution >= 0.6 is 15.9 Å². The van der Waals surface area contributed by atoms with Gasteiger partial charge >= 0.3 is 0 Å². The van der Waals surface area contributed by atoms with Crippen LogP contribution in [0.25, 0.3) is 6.08 Å². The summed E-state index contributed by atoms with van der Waals surface area (Å²) in [5, 5.41) is 0. The molecule has 0 bridgehead atoms. The van der Waals surface area contributed by atoms with E-state index in [1.807, 2.05) is 30.3 Å². The first-order chi connectivity index (χ1) is 10.1. The molecule has 1 amide bonds. The van der Waals surface area contributed by atoms with Gasteiger partial charge in [0.05, 0.1) is 11.4 Å². The predicted octanol–water partition coefficient (Wildman–Crippen LogP) is 4.04. The summed E-state index contributed by atoms with van der Waals surface area (Å²) in [6, 6.07) is 14.7. The van der Waals surface area contributed by atoms with E-state index in [9.17, 15) is 9.59 Å². The topological polar surface area (TPSA) is 37.4 Å². The van der Waals surface area contributed by atoms with E-state index in [-0.39, 0.29) is 11.7 Å². The highest BCUT2D eigenvalue weighted by molar-refractivity contribution is 9.10. The summed E-state index contributed by atoms with van der Waals surface area (Å²) in [7, 11) is 0. The van der Waals surface area contributed by atoms with Crippen LogP contribution in [-0.4, -0.2) is 11.7 Å². The molecule has 21 heavy (non-hydrogen) atoms. The molecular formula is C17H12BrNO2. The number of carbonyl (C=O) groups excluding carboxylic acids is 2. The Labute approximate surface area is 131 Å². The summed E-state index contributed by atoms with van der Waals surface area (Å²) in [6.45, 7) is 1.46. The van der Waals surface area contributed by atoms with Crippen LogP contribution in [0.2, 0.25) is 0 Å². The van der Waals surface area contributed by atoms with Gasteiger partial charge < -0.3 is 0 Å². The molecule has 0 N–H and O–H groups in total. The summed E-state index contributed by atoms with van der Waals surface area (Å²) < 4.78 is 0.879. The van der Waals surface area contributed by atoms with Crippen molar-refractivity contribution in [2.75, 3.05) is 4.90 Å². The normalized spacial score (nSPS) is 15.4. The number of nitrogens with zero attached hydrogens (tertiary/aromatic N) is 1. The molecule has 0 saturated carbocycles. The number of anilines is 1. The minimum absolute atomic E-state index is 0.128. The number of fused-ring (bicyclic) bond motifs is 1. The van der Waals surface area contributed by atoms with Crippen molar-refractivity contribution in [1.82, 2.24) is 0 Å². The lowest BCUT2D eigenvalue weighted by molar-refractivity contribution is -0.116. The Morgan fingerprint density at radius 3 is 2.48 bits per heavy atom. The van der Waals surface area contributed by atoms with E-state index in [1.165, 1.54) is 11.8 Å². The number of Topliss-reactive ketones (excluding diaryl/α,β-unsaturated/α-hetero) is 1. The van der Waals surface area contributed by atoms with Gasteiger partial charge in [-0.3, -0.25) is 14.5 Å². The minimum Gasteiger partial charge on any atom is -0.287 e. The standard InChI is InChI=1S/C17H12BrNO2/c1-11(20)19-15-9-5-3-7-13(15)17(21)16(19)10-12-6-2-4-8-14(12)18/h2-10H,1H3/b16-10-. The molecule has 3 rings (SSSR count). The number of halogens is 1. The van der Waals surface area contributed by atoms with Gasteiger partial charge in [-0.25, -0.2) is 0 Å². The van der Waals surface area contributed by atoms with Crippen molar-refractivity contribution in [3.8, 4) is 0 Å². The lowest BCUT2D eigenvalue weighted by atomic mass is 10.1. The van der Waals surface area contributed by atoms with E-state index >= 15 is 0 Å². The quantitative estimate of drug-likeness (QED) is 0.734. The maximum Gasteiger partial charge on any atom is 0.228 e. The van der Waals surface area contributed by atoms with Crippen LogP contribution in [0.1, 0.15) is 22.8 Å². The van der Waals surface area contributed by atoms with Gasteiger partial charge in [-0.2, -0.15) is 0 Å². The predicted molar refractivity (Wildman–Crippen MR) is 86.1 cm³/mol. The smallest absolute Gasteiger partial charge is 0.228 e. The number of para-hydroxylation sites is 1. The Morgan fingerprint density at radius 1 is 1.10 bits per heavy atom. The van der Waals surface area contributed by atoms with Gasteiger partial charge in [0, 0.05) is 17.0 Å². The van der Waals surface area contributed by atoms with Gasteiger partial charge in [0.2, 0.25) is 11.7 Å². The summed E-state index contributed by atoms with van der Waals surface area (Å²) in [6.07, 6.45) is 1.74. The highest BCUT2D eigenvalue weighted by atomic mass is 79.9. The molecule has 0 radical (unpaired) electrons. The second-order valence-corrected chi connectivity index (χ2v) is 5.61. The second kappa shape index (κ2) is 5.30. The summed E-state index contributed by atoms with van der Waals surface area (Å²) in [5.74, 6) is -0.303. The maximum atomic E-state index is 12.5. The first-order valence-electron chi connectivity index (χ1n) is 6.50. The Morgan fingerprint density at radius 2 is 1.76 bits per heavy atom. The number of hydrogen-bond acceptors (Lipinski definition) is 2. The van der Waals surface area contributed by atoms with E-state index in [2.05, 4.69) is 15.9 Å². The molecule has 0 unspecified atom stereocenters. The Bertz CT molecular complexity index is 780. The van der Waals surface area contributed by atoms with E-state index in [0.29, 0.717) is 16.9 Å². The molecule has 1 aliphatic heterocycles. The van der Waals surface area contributed by atoms with Crippen LogP contribution in [0.15, 0.2) is 58.7 Å². The van der Waals surface area contributed by atoms with Crippen molar-refractivity contribution < 1.29 is 9.59 Å². The summed E-state index contributed by atoms with van der Waals surface area (Å²) in [4.78, 5) is 26.0. The monoisotopic (exact) mass is 341 g/mol. The average molecular weight is 342 g/mol. The number of ketones is 1. The first kappa shape index (κ1) is 13.8.